The number of benzene rings is 1. The molecule has 0 aliphatic rings. The van der Waals surface area contributed by atoms with Crippen LogP contribution in [0, 0.1) is 0 Å². The molecule has 2 amide bonds. The maximum absolute atomic E-state index is 12.0. The second kappa shape index (κ2) is 6.56. The number of pyridine rings is 1. The Labute approximate surface area is 118 Å². The van der Waals surface area contributed by atoms with Crippen molar-refractivity contribution >= 4 is 11.7 Å². The van der Waals surface area contributed by atoms with Crippen molar-refractivity contribution in [3.63, 3.8) is 0 Å². The lowest BCUT2D eigenvalue weighted by molar-refractivity contribution is 0.249. The first-order chi connectivity index (χ1) is 9.70. The molecule has 0 bridgehead atoms. The van der Waals surface area contributed by atoms with Crippen molar-refractivity contribution in [3.05, 3.63) is 54.4 Å². The highest BCUT2D eigenvalue weighted by Crippen LogP contribution is 2.23. The Hall–Kier alpha value is -2.56. The number of nitrogens with one attached hydrogen (secondary N) is 2. The fourth-order valence-electron chi connectivity index (χ4n) is 1.81. The van der Waals surface area contributed by atoms with E-state index in [1.165, 1.54) is 0 Å². The Balaban J connectivity index is 1.99. The molecular formula is C15H17N3O2. The maximum atomic E-state index is 12.0. The number of carbonyl (C=O) groups excluding carboxylic acids is 1. The zero-order valence-corrected chi connectivity index (χ0v) is 11.5. The molecule has 2 rings (SSSR count). The summed E-state index contributed by atoms with van der Waals surface area (Å²) in [6.07, 6.45) is 1.70. The molecule has 5 heteroatoms. The van der Waals surface area contributed by atoms with Gasteiger partial charge in [0.15, 0.2) is 0 Å². The number of para-hydroxylation sites is 2. The van der Waals surface area contributed by atoms with Gasteiger partial charge in [0, 0.05) is 6.20 Å². The van der Waals surface area contributed by atoms with Gasteiger partial charge < -0.3 is 15.4 Å². The average molecular weight is 271 g/mol. The normalized spacial score (nSPS) is 11.5. The van der Waals surface area contributed by atoms with Crippen LogP contribution >= 0.6 is 0 Å². The van der Waals surface area contributed by atoms with Crippen molar-refractivity contribution < 1.29 is 9.53 Å². The van der Waals surface area contributed by atoms with Gasteiger partial charge in [-0.05, 0) is 31.2 Å². The van der Waals surface area contributed by atoms with E-state index in [0.29, 0.717) is 11.4 Å². The lowest BCUT2D eigenvalue weighted by Crippen LogP contribution is -2.31. The van der Waals surface area contributed by atoms with Gasteiger partial charge in [0.25, 0.3) is 0 Å². The summed E-state index contributed by atoms with van der Waals surface area (Å²) in [5.41, 5.74) is 1.43. The van der Waals surface area contributed by atoms with Gasteiger partial charge in [-0.15, -0.1) is 0 Å². The van der Waals surface area contributed by atoms with Crippen LogP contribution in [0.1, 0.15) is 18.7 Å². The number of ether oxygens (including phenoxy) is 1. The summed E-state index contributed by atoms with van der Waals surface area (Å²) >= 11 is 0. The van der Waals surface area contributed by atoms with Crippen molar-refractivity contribution in [3.8, 4) is 5.75 Å². The number of aromatic nitrogens is 1. The van der Waals surface area contributed by atoms with Crippen molar-refractivity contribution in [2.45, 2.75) is 13.0 Å². The summed E-state index contributed by atoms with van der Waals surface area (Å²) < 4.78 is 5.18. The van der Waals surface area contributed by atoms with E-state index in [1.54, 1.807) is 25.4 Å². The highest BCUT2D eigenvalue weighted by atomic mass is 16.5. The molecule has 20 heavy (non-hydrogen) atoms. The third-order valence-electron chi connectivity index (χ3n) is 2.83. The SMILES string of the molecule is COc1ccccc1NC(=O)N[C@H](C)c1ccccn1. The predicted molar refractivity (Wildman–Crippen MR) is 77.8 cm³/mol. The molecule has 0 radical (unpaired) electrons. The molecule has 104 valence electrons. The number of nitrogens with zero attached hydrogens (tertiary/aromatic N) is 1. The molecule has 2 aromatic rings. The van der Waals surface area contributed by atoms with Gasteiger partial charge in [0.2, 0.25) is 0 Å². The van der Waals surface area contributed by atoms with Crippen molar-refractivity contribution in [1.82, 2.24) is 10.3 Å². The van der Waals surface area contributed by atoms with E-state index in [9.17, 15) is 4.79 Å². The molecule has 1 aromatic carbocycles. The van der Waals surface area contributed by atoms with E-state index >= 15 is 0 Å². The second-order valence-corrected chi connectivity index (χ2v) is 4.28. The van der Waals surface area contributed by atoms with Crippen LogP contribution in [0.5, 0.6) is 5.75 Å². The number of methoxy groups -OCH3 is 1. The quantitative estimate of drug-likeness (QED) is 0.898. The molecule has 5 nitrogen and oxygen atoms in total. The van der Waals surface area contributed by atoms with E-state index in [-0.39, 0.29) is 12.1 Å². The second-order valence-electron chi connectivity index (χ2n) is 4.28. The summed E-state index contributed by atoms with van der Waals surface area (Å²) in [6.45, 7) is 1.88. The molecule has 1 aromatic heterocycles. The average Bonchev–Trinajstić information content (AvgIpc) is 2.48. The number of carbonyl (C=O) groups is 1. The Bertz CT molecular complexity index is 572. The van der Waals surface area contributed by atoms with E-state index in [2.05, 4.69) is 15.6 Å². The van der Waals surface area contributed by atoms with Gasteiger partial charge in [0.1, 0.15) is 5.75 Å². The van der Waals surface area contributed by atoms with Crippen LogP contribution in [0.15, 0.2) is 48.7 Å². The summed E-state index contributed by atoms with van der Waals surface area (Å²) in [4.78, 5) is 16.2. The highest BCUT2D eigenvalue weighted by molar-refractivity contribution is 5.91. The Morgan fingerprint density at radius 1 is 1.20 bits per heavy atom. The number of rotatable bonds is 4. The third-order valence-corrected chi connectivity index (χ3v) is 2.83. The summed E-state index contributed by atoms with van der Waals surface area (Å²) in [6, 6.07) is 12.4. The molecule has 0 saturated carbocycles. The van der Waals surface area contributed by atoms with Gasteiger partial charge in [0.05, 0.1) is 24.5 Å². The summed E-state index contributed by atoms with van der Waals surface area (Å²) in [7, 11) is 1.56. The number of hydrogen-bond acceptors (Lipinski definition) is 3. The lowest BCUT2D eigenvalue weighted by Gasteiger charge is -2.15. The van der Waals surface area contributed by atoms with Crippen molar-refractivity contribution in [2.24, 2.45) is 0 Å². The van der Waals surface area contributed by atoms with Crippen LogP contribution in [0.4, 0.5) is 10.5 Å². The van der Waals surface area contributed by atoms with E-state index in [0.717, 1.165) is 5.69 Å². The van der Waals surface area contributed by atoms with Crippen LogP contribution in [0.25, 0.3) is 0 Å². The zero-order valence-electron chi connectivity index (χ0n) is 11.5. The van der Waals surface area contributed by atoms with E-state index in [1.807, 2.05) is 37.3 Å². The van der Waals surface area contributed by atoms with E-state index in [4.69, 9.17) is 4.74 Å². The van der Waals surface area contributed by atoms with Crippen molar-refractivity contribution in [1.29, 1.82) is 0 Å². The first kappa shape index (κ1) is 13.9. The lowest BCUT2D eigenvalue weighted by atomic mass is 10.2. The molecule has 0 fully saturated rings. The molecule has 1 heterocycles. The topological polar surface area (TPSA) is 63.2 Å². The van der Waals surface area contributed by atoms with Gasteiger partial charge >= 0.3 is 6.03 Å². The smallest absolute Gasteiger partial charge is 0.319 e. The molecule has 0 aliphatic heterocycles. The van der Waals surface area contributed by atoms with Crippen molar-refractivity contribution in [2.75, 3.05) is 12.4 Å². The minimum atomic E-state index is -0.298. The fraction of sp³-hybridized carbons (Fsp3) is 0.200. The maximum Gasteiger partial charge on any atom is 0.319 e. The number of hydrogen-bond donors (Lipinski definition) is 2. The van der Waals surface area contributed by atoms with E-state index < -0.39 is 0 Å². The molecule has 0 saturated heterocycles. The van der Waals surface area contributed by atoms with Gasteiger partial charge in [-0.3, -0.25) is 4.98 Å². The first-order valence-corrected chi connectivity index (χ1v) is 6.32. The van der Waals surface area contributed by atoms with Gasteiger partial charge in [-0.25, -0.2) is 4.79 Å². The third kappa shape index (κ3) is 3.47. The van der Waals surface area contributed by atoms with Crippen LogP contribution in [0.3, 0.4) is 0 Å². The monoisotopic (exact) mass is 271 g/mol. The minimum Gasteiger partial charge on any atom is -0.495 e. The number of urea groups is 1. The molecular weight excluding hydrogens is 254 g/mol. The fourth-order valence-corrected chi connectivity index (χ4v) is 1.81. The minimum absolute atomic E-state index is 0.175. The number of anilines is 1. The van der Waals surface area contributed by atoms with Crippen LogP contribution < -0.4 is 15.4 Å². The van der Waals surface area contributed by atoms with Crippen LogP contribution in [-0.4, -0.2) is 18.1 Å². The molecule has 0 unspecified atom stereocenters. The van der Waals surface area contributed by atoms with Crippen LogP contribution in [0.2, 0.25) is 0 Å². The number of amides is 2. The largest absolute Gasteiger partial charge is 0.495 e. The first-order valence-electron chi connectivity index (χ1n) is 6.32. The van der Waals surface area contributed by atoms with Crippen LogP contribution in [-0.2, 0) is 0 Å². The molecule has 1 atom stereocenters. The predicted octanol–water partition coefficient (Wildman–Crippen LogP) is 2.97. The molecule has 0 aliphatic carbocycles. The molecule has 2 N–H and O–H groups in total. The Kier molecular flexibility index (Phi) is 4.55. The molecule has 0 spiro atoms. The van der Waals surface area contributed by atoms with Gasteiger partial charge in [-0.1, -0.05) is 18.2 Å². The Morgan fingerprint density at radius 2 is 1.95 bits per heavy atom. The summed E-state index contributed by atoms with van der Waals surface area (Å²) in [5, 5.41) is 5.59. The summed E-state index contributed by atoms with van der Waals surface area (Å²) in [5.74, 6) is 0.619. The Morgan fingerprint density at radius 3 is 2.65 bits per heavy atom. The highest BCUT2D eigenvalue weighted by Gasteiger charge is 2.11. The van der Waals surface area contributed by atoms with Gasteiger partial charge in [-0.2, -0.15) is 0 Å². The zero-order chi connectivity index (χ0) is 14.4. The standard InChI is InChI=1S/C15H17N3O2/c1-11(12-7-5-6-10-16-12)17-15(19)18-13-8-3-4-9-14(13)20-2/h3-11H,1-2H3,(H2,17,18,19)/t11-/m1/s1.